The van der Waals surface area contributed by atoms with Gasteiger partial charge in [0.05, 0.1) is 22.8 Å². The topological polar surface area (TPSA) is 162 Å². The Kier molecular flexibility index (Phi) is 10.0. The molecule has 3 atom stereocenters. The monoisotopic (exact) mass is 843 g/mol. The fourth-order valence-electron chi connectivity index (χ4n) is 10.2. The SMILES string of the molecule is Cc1nc2c(F)cc(-c3nc(Nc4ccc(CN5CCC(CN6C[C@@H]7C[C@H]6CN7c6ccc7c(c6)C(=O)N(C6CCC(=O)NC6=O)C7=O)CC5)cn4)ncc3F)cc2n1C(C)C. The highest BCUT2D eigenvalue weighted by molar-refractivity contribution is 6.23. The van der Waals surface area contributed by atoms with Gasteiger partial charge in [-0.05, 0) is 107 Å². The zero-order valence-electron chi connectivity index (χ0n) is 34.8. The molecule has 2 bridgehead atoms. The minimum atomic E-state index is -0.977. The summed E-state index contributed by atoms with van der Waals surface area (Å²) in [6, 6.07) is 12.0. The number of piperidine rings is 2. The number of benzene rings is 2. The summed E-state index contributed by atoms with van der Waals surface area (Å²) in [4.78, 5) is 76.7. The molecule has 2 aromatic carbocycles. The summed E-state index contributed by atoms with van der Waals surface area (Å²) in [5, 5.41) is 5.32. The van der Waals surface area contributed by atoms with Crippen molar-refractivity contribution in [3.8, 4) is 11.3 Å². The lowest BCUT2D eigenvalue weighted by atomic mass is 9.95. The molecular formula is C45H47F2N11O4. The minimum Gasteiger partial charge on any atom is -0.366 e. The Labute approximate surface area is 356 Å². The number of piperazine rings is 1. The summed E-state index contributed by atoms with van der Waals surface area (Å²) in [7, 11) is 0. The van der Waals surface area contributed by atoms with Gasteiger partial charge >= 0.3 is 0 Å². The molecule has 5 aromatic rings. The number of anilines is 3. The molecule has 1 unspecified atom stereocenters. The Bertz CT molecular complexity index is 2640. The molecule has 320 valence electrons. The summed E-state index contributed by atoms with van der Waals surface area (Å²) >= 11 is 0. The van der Waals surface area contributed by atoms with E-state index in [1.54, 1.807) is 18.2 Å². The molecular weight excluding hydrogens is 797 g/mol. The highest BCUT2D eigenvalue weighted by Gasteiger charge is 2.47. The second-order valence-corrected chi connectivity index (χ2v) is 17.6. The second kappa shape index (κ2) is 15.6. The first-order valence-corrected chi connectivity index (χ1v) is 21.4. The molecule has 8 heterocycles. The lowest BCUT2D eigenvalue weighted by Gasteiger charge is -2.39. The lowest BCUT2D eigenvalue weighted by molar-refractivity contribution is -0.136. The van der Waals surface area contributed by atoms with E-state index in [1.165, 1.54) is 6.07 Å². The first-order valence-electron chi connectivity index (χ1n) is 21.4. The van der Waals surface area contributed by atoms with Crippen LogP contribution in [0.3, 0.4) is 0 Å². The second-order valence-electron chi connectivity index (χ2n) is 17.6. The number of pyridine rings is 1. The van der Waals surface area contributed by atoms with Crippen LogP contribution in [0.1, 0.15) is 84.1 Å². The number of carbonyl (C=O) groups is 4. The number of fused-ring (bicyclic) bond motifs is 4. The Balaban J connectivity index is 0.708. The van der Waals surface area contributed by atoms with Crippen LogP contribution < -0.4 is 15.5 Å². The van der Waals surface area contributed by atoms with Crippen LogP contribution in [-0.4, -0.2) is 114 Å². The van der Waals surface area contributed by atoms with Crippen molar-refractivity contribution in [1.29, 1.82) is 0 Å². The third-order valence-electron chi connectivity index (χ3n) is 13.2. The average Bonchev–Trinajstić information content (AvgIpc) is 4.00. The summed E-state index contributed by atoms with van der Waals surface area (Å²) in [5.41, 5.74) is 3.70. The number of nitrogens with one attached hydrogen (secondary N) is 2. The summed E-state index contributed by atoms with van der Waals surface area (Å²) in [5.74, 6) is -1.24. The van der Waals surface area contributed by atoms with Crippen LogP contribution in [-0.2, 0) is 16.1 Å². The number of rotatable bonds is 10. The predicted molar refractivity (Wildman–Crippen MR) is 226 cm³/mol. The molecule has 17 heteroatoms. The zero-order chi connectivity index (χ0) is 43.0. The van der Waals surface area contributed by atoms with E-state index in [0.717, 1.165) is 80.9 Å². The number of hydrogen-bond acceptors (Lipinski definition) is 12. The number of amides is 4. The van der Waals surface area contributed by atoms with E-state index >= 15 is 8.78 Å². The minimum absolute atomic E-state index is 0.0205. The molecule has 62 heavy (non-hydrogen) atoms. The number of halogens is 2. The van der Waals surface area contributed by atoms with Crippen LogP contribution in [0.4, 0.5) is 26.2 Å². The van der Waals surface area contributed by atoms with Crippen molar-refractivity contribution in [2.45, 2.75) is 83.6 Å². The van der Waals surface area contributed by atoms with Gasteiger partial charge in [-0.1, -0.05) is 6.07 Å². The van der Waals surface area contributed by atoms with Crippen LogP contribution >= 0.6 is 0 Å². The van der Waals surface area contributed by atoms with Gasteiger partial charge in [0.2, 0.25) is 17.8 Å². The number of carbonyl (C=O) groups excluding carboxylic acids is 4. The molecule has 10 rings (SSSR count). The highest BCUT2D eigenvalue weighted by Crippen LogP contribution is 2.39. The molecule has 5 aliphatic heterocycles. The average molecular weight is 844 g/mol. The molecule has 0 spiro atoms. The quantitative estimate of drug-likeness (QED) is 0.173. The number of imide groups is 2. The van der Waals surface area contributed by atoms with E-state index in [9.17, 15) is 19.2 Å². The Morgan fingerprint density at radius 3 is 2.40 bits per heavy atom. The van der Waals surface area contributed by atoms with Crippen molar-refractivity contribution >= 4 is 52.1 Å². The summed E-state index contributed by atoms with van der Waals surface area (Å²) in [6.45, 7) is 11.4. The first-order chi connectivity index (χ1) is 29.9. The Morgan fingerprint density at radius 1 is 0.871 bits per heavy atom. The van der Waals surface area contributed by atoms with Crippen molar-refractivity contribution in [1.82, 2.24) is 44.5 Å². The molecule has 3 aromatic heterocycles. The third kappa shape index (κ3) is 7.15. The van der Waals surface area contributed by atoms with Crippen LogP contribution in [0.2, 0.25) is 0 Å². The van der Waals surface area contributed by atoms with Crippen LogP contribution in [0.15, 0.2) is 54.9 Å². The molecule has 4 amide bonds. The Hall–Kier alpha value is -6.20. The molecule has 0 radical (unpaired) electrons. The third-order valence-corrected chi connectivity index (χ3v) is 13.2. The lowest BCUT2D eigenvalue weighted by Crippen LogP contribution is -2.54. The van der Waals surface area contributed by atoms with Gasteiger partial charge in [-0.15, -0.1) is 0 Å². The van der Waals surface area contributed by atoms with E-state index in [0.29, 0.717) is 51.9 Å². The molecule has 4 fully saturated rings. The number of aryl methyl sites for hydroxylation is 1. The van der Waals surface area contributed by atoms with Gasteiger partial charge in [-0.3, -0.25) is 39.2 Å². The number of imidazole rings is 1. The first kappa shape index (κ1) is 39.9. The van der Waals surface area contributed by atoms with E-state index in [4.69, 9.17) is 0 Å². The van der Waals surface area contributed by atoms with Gasteiger partial charge in [-0.2, -0.15) is 0 Å². The van der Waals surface area contributed by atoms with Crippen LogP contribution in [0, 0.1) is 24.5 Å². The van der Waals surface area contributed by atoms with Crippen LogP contribution in [0.5, 0.6) is 0 Å². The standard InChI is InChI=1S/C45H47F2N11O4/c1-24(2)57-25(3)50-41-34(46)14-28(15-37(41)57)40-35(47)19-49-45(53-40)51-38-8-4-27(18-48-38)20-54-12-10-26(11-13-54)21-55-22-31-16-30(55)23-56(31)29-5-6-32-33(17-29)44(62)58(43(32)61)36-7-9-39(59)52-42(36)60/h4-6,8,14-15,17-19,24,26,30-31,36H,7,9-13,16,20-23H2,1-3H3,(H,52,59,60)(H,48,49,51,53)/t30-,31-,36?/m0/s1. The van der Waals surface area contributed by atoms with Gasteiger partial charge in [0.25, 0.3) is 11.8 Å². The summed E-state index contributed by atoms with van der Waals surface area (Å²) in [6.07, 6.45) is 6.39. The van der Waals surface area contributed by atoms with Crippen molar-refractivity contribution in [3.05, 3.63) is 89.0 Å². The molecule has 0 aliphatic carbocycles. The van der Waals surface area contributed by atoms with Gasteiger partial charge < -0.3 is 14.8 Å². The normalized spacial score (nSPS) is 22.1. The Morgan fingerprint density at radius 2 is 1.68 bits per heavy atom. The van der Waals surface area contributed by atoms with Gasteiger partial charge in [0.15, 0.2) is 11.6 Å². The number of aromatic nitrogens is 5. The van der Waals surface area contributed by atoms with Gasteiger partial charge in [0.1, 0.15) is 28.9 Å². The summed E-state index contributed by atoms with van der Waals surface area (Å²) < 4.78 is 32.1. The fourth-order valence-corrected chi connectivity index (χ4v) is 10.2. The highest BCUT2D eigenvalue weighted by atomic mass is 19.1. The van der Waals surface area contributed by atoms with E-state index in [-0.39, 0.29) is 36.0 Å². The number of hydrogen-bond donors (Lipinski definition) is 2. The van der Waals surface area contributed by atoms with Crippen LogP contribution in [0.25, 0.3) is 22.3 Å². The van der Waals surface area contributed by atoms with Gasteiger partial charge in [-0.25, -0.2) is 28.7 Å². The maximum atomic E-state index is 15.2. The molecule has 4 saturated heterocycles. The molecule has 0 saturated carbocycles. The molecule has 2 N–H and O–H groups in total. The fraction of sp³-hybridized carbons (Fsp3) is 0.422. The smallest absolute Gasteiger partial charge is 0.262 e. The predicted octanol–water partition coefficient (Wildman–Crippen LogP) is 5.38. The maximum Gasteiger partial charge on any atom is 0.262 e. The van der Waals surface area contributed by atoms with E-state index < -0.39 is 41.3 Å². The van der Waals surface area contributed by atoms with Crippen molar-refractivity contribution in [2.75, 3.05) is 42.9 Å². The zero-order valence-corrected chi connectivity index (χ0v) is 34.8. The molecule has 15 nitrogen and oxygen atoms in total. The molecule has 5 aliphatic rings. The van der Waals surface area contributed by atoms with Gasteiger partial charge in [0, 0.05) is 68.2 Å². The largest absolute Gasteiger partial charge is 0.366 e. The van der Waals surface area contributed by atoms with E-state index in [1.807, 2.05) is 49.7 Å². The number of nitrogens with zero attached hydrogens (tertiary/aromatic N) is 9. The van der Waals surface area contributed by atoms with Crippen molar-refractivity contribution in [3.63, 3.8) is 0 Å². The number of likely N-dealkylation sites (tertiary alicyclic amines) is 2. The van der Waals surface area contributed by atoms with Crippen molar-refractivity contribution in [2.24, 2.45) is 5.92 Å². The maximum absolute atomic E-state index is 15.2. The van der Waals surface area contributed by atoms with E-state index in [2.05, 4.69) is 45.3 Å². The van der Waals surface area contributed by atoms with Crippen molar-refractivity contribution < 1.29 is 28.0 Å².